The van der Waals surface area contributed by atoms with E-state index < -0.39 is 18.0 Å². The molecule has 8 nitrogen and oxygen atoms in total. The summed E-state index contributed by atoms with van der Waals surface area (Å²) in [4.78, 5) is 42.6. The number of amides is 2. The number of aryl methyl sites for hydroxylation is 1. The zero-order valence-corrected chi connectivity index (χ0v) is 20.7. The van der Waals surface area contributed by atoms with Crippen molar-refractivity contribution in [1.82, 2.24) is 9.88 Å². The number of hydrogen-bond donors (Lipinski definition) is 2. The molecule has 1 spiro atoms. The number of pyridine rings is 1. The highest BCUT2D eigenvalue weighted by Crippen LogP contribution is 2.47. The van der Waals surface area contributed by atoms with Crippen LogP contribution in [-0.2, 0) is 20.8 Å². The minimum atomic E-state index is -1.12. The van der Waals surface area contributed by atoms with Crippen LogP contribution in [0.4, 0.5) is 0 Å². The molecule has 1 aliphatic carbocycles. The number of carboxylic acids is 1. The second kappa shape index (κ2) is 11.2. The number of methoxy groups -OCH3 is 1. The van der Waals surface area contributed by atoms with Crippen molar-refractivity contribution in [2.75, 3.05) is 13.7 Å². The van der Waals surface area contributed by atoms with E-state index in [0.717, 1.165) is 42.4 Å². The van der Waals surface area contributed by atoms with Gasteiger partial charge >= 0.3 is 5.97 Å². The maximum atomic E-state index is 12.7. The van der Waals surface area contributed by atoms with Gasteiger partial charge in [0.05, 0.1) is 19.1 Å². The Balaban J connectivity index is 1.30. The Morgan fingerprint density at radius 1 is 1.03 bits per heavy atom. The number of aliphatic carboxylic acids is 1. The summed E-state index contributed by atoms with van der Waals surface area (Å²) in [7, 11) is 1.57. The standard InChI is InChI=1S/C28H34N2O6/c1-36-24-11-9-21(18-29-24)20-7-4-19(5-8-20)6-10-23(31)22(27(34)35)12-15-30-25(32)16-28(17-26(30)33)13-2-3-14-28/h4-5,7-9,11,18,22-23,31H,2-3,6,10,12-17H2,1H3,(H,34,35). The van der Waals surface area contributed by atoms with Crippen molar-refractivity contribution in [2.24, 2.45) is 11.3 Å². The highest BCUT2D eigenvalue weighted by atomic mass is 16.5. The number of carbonyl (C=O) groups excluding carboxylic acids is 2. The van der Waals surface area contributed by atoms with Crippen LogP contribution in [-0.4, -0.2) is 57.6 Å². The van der Waals surface area contributed by atoms with Crippen LogP contribution in [0.15, 0.2) is 42.6 Å². The fraction of sp³-hybridized carbons (Fsp3) is 0.500. The first-order valence-corrected chi connectivity index (χ1v) is 12.6. The van der Waals surface area contributed by atoms with E-state index in [0.29, 0.717) is 25.1 Å². The average Bonchev–Trinajstić information content (AvgIpc) is 3.31. The largest absolute Gasteiger partial charge is 0.481 e. The summed E-state index contributed by atoms with van der Waals surface area (Å²) >= 11 is 0. The summed E-state index contributed by atoms with van der Waals surface area (Å²) in [6.07, 6.45) is 6.13. The molecular weight excluding hydrogens is 460 g/mol. The predicted octanol–water partition coefficient (Wildman–Crippen LogP) is 3.85. The number of nitrogens with zero attached hydrogens (tertiary/aromatic N) is 2. The fourth-order valence-electron chi connectivity index (χ4n) is 5.56. The van der Waals surface area contributed by atoms with Crippen LogP contribution in [0.3, 0.4) is 0 Å². The van der Waals surface area contributed by atoms with E-state index in [-0.39, 0.29) is 36.6 Å². The summed E-state index contributed by atoms with van der Waals surface area (Å²) in [5, 5.41) is 20.4. The molecule has 2 heterocycles. The van der Waals surface area contributed by atoms with E-state index >= 15 is 0 Å². The number of rotatable bonds is 10. The van der Waals surface area contributed by atoms with E-state index in [1.165, 1.54) is 4.90 Å². The number of carbonyl (C=O) groups is 3. The number of ether oxygens (including phenoxy) is 1. The first-order chi connectivity index (χ1) is 17.3. The molecule has 1 aromatic carbocycles. The van der Waals surface area contributed by atoms with Crippen molar-refractivity contribution in [3.8, 4) is 17.0 Å². The Hall–Kier alpha value is -3.26. The first-order valence-electron chi connectivity index (χ1n) is 12.6. The molecule has 0 bridgehead atoms. The molecule has 1 aromatic heterocycles. The molecule has 4 rings (SSSR count). The molecule has 36 heavy (non-hydrogen) atoms. The zero-order valence-electron chi connectivity index (χ0n) is 20.7. The average molecular weight is 495 g/mol. The van der Waals surface area contributed by atoms with Crippen molar-refractivity contribution < 1.29 is 29.3 Å². The van der Waals surface area contributed by atoms with Crippen LogP contribution in [0.2, 0.25) is 0 Å². The Labute approximate surface area is 211 Å². The van der Waals surface area contributed by atoms with Crippen LogP contribution < -0.4 is 4.74 Å². The summed E-state index contributed by atoms with van der Waals surface area (Å²) in [6.45, 7) is 0.0341. The Bertz CT molecular complexity index is 1060. The summed E-state index contributed by atoms with van der Waals surface area (Å²) in [5.41, 5.74) is 2.74. The highest BCUT2D eigenvalue weighted by Gasteiger charge is 2.45. The number of aromatic nitrogens is 1. The van der Waals surface area contributed by atoms with Gasteiger partial charge in [0.25, 0.3) is 0 Å². The van der Waals surface area contributed by atoms with Gasteiger partial charge in [-0.25, -0.2) is 4.98 Å². The van der Waals surface area contributed by atoms with Gasteiger partial charge in [-0.05, 0) is 54.7 Å². The van der Waals surface area contributed by atoms with E-state index in [1.54, 1.807) is 19.4 Å². The number of likely N-dealkylation sites (tertiary alicyclic amines) is 1. The lowest BCUT2D eigenvalue weighted by molar-refractivity contribution is -0.156. The van der Waals surface area contributed by atoms with Gasteiger partial charge < -0.3 is 14.9 Å². The lowest BCUT2D eigenvalue weighted by Crippen LogP contribution is -2.48. The van der Waals surface area contributed by atoms with Crippen molar-refractivity contribution in [1.29, 1.82) is 0 Å². The molecule has 192 valence electrons. The Kier molecular flexibility index (Phi) is 8.04. The molecule has 2 unspecified atom stereocenters. The third-order valence-corrected chi connectivity index (χ3v) is 7.73. The molecule has 2 amide bonds. The minimum Gasteiger partial charge on any atom is -0.481 e. The van der Waals surface area contributed by atoms with E-state index in [9.17, 15) is 24.6 Å². The summed E-state index contributed by atoms with van der Waals surface area (Å²) < 4.78 is 5.08. The van der Waals surface area contributed by atoms with Gasteiger partial charge in [0.1, 0.15) is 0 Å². The minimum absolute atomic E-state index is 0.0341. The molecule has 1 aliphatic heterocycles. The Morgan fingerprint density at radius 2 is 1.67 bits per heavy atom. The van der Waals surface area contributed by atoms with Gasteiger partial charge in [-0.2, -0.15) is 0 Å². The monoisotopic (exact) mass is 494 g/mol. The SMILES string of the molecule is COc1ccc(-c2ccc(CCC(O)C(CCN3C(=O)CC4(CCCC4)CC3=O)C(=O)O)cc2)cn1. The van der Waals surface area contributed by atoms with Gasteiger partial charge in [-0.1, -0.05) is 37.1 Å². The molecule has 0 radical (unpaired) electrons. The molecule has 2 fully saturated rings. The molecule has 2 aromatic rings. The third-order valence-electron chi connectivity index (χ3n) is 7.73. The molecule has 8 heteroatoms. The van der Waals surface area contributed by atoms with Gasteiger partial charge in [0.2, 0.25) is 17.7 Å². The van der Waals surface area contributed by atoms with Crippen LogP contribution in [0, 0.1) is 11.3 Å². The van der Waals surface area contributed by atoms with Crippen LogP contribution in [0.1, 0.15) is 56.9 Å². The second-order valence-corrected chi connectivity index (χ2v) is 10.1. The van der Waals surface area contributed by atoms with E-state index in [4.69, 9.17) is 4.74 Å². The highest BCUT2D eigenvalue weighted by molar-refractivity contribution is 5.98. The number of hydrogen-bond acceptors (Lipinski definition) is 6. The van der Waals surface area contributed by atoms with E-state index in [1.807, 2.05) is 30.3 Å². The predicted molar refractivity (Wildman–Crippen MR) is 133 cm³/mol. The lowest BCUT2D eigenvalue weighted by atomic mass is 9.76. The van der Waals surface area contributed by atoms with Crippen molar-refractivity contribution in [2.45, 2.75) is 63.9 Å². The first kappa shape index (κ1) is 25.8. The van der Waals surface area contributed by atoms with Crippen LogP contribution >= 0.6 is 0 Å². The lowest BCUT2D eigenvalue weighted by Gasteiger charge is -2.37. The molecule has 2 atom stereocenters. The van der Waals surface area contributed by atoms with Gasteiger partial charge in [-0.15, -0.1) is 0 Å². The number of piperidine rings is 1. The maximum absolute atomic E-state index is 12.7. The molecular formula is C28H34N2O6. The van der Waals surface area contributed by atoms with E-state index in [2.05, 4.69) is 4.98 Å². The van der Waals surface area contributed by atoms with Crippen molar-refractivity contribution >= 4 is 17.8 Å². The zero-order chi connectivity index (χ0) is 25.7. The van der Waals surface area contributed by atoms with Crippen LogP contribution in [0.25, 0.3) is 11.1 Å². The fourth-order valence-corrected chi connectivity index (χ4v) is 5.56. The number of aliphatic hydroxyl groups is 1. The molecule has 1 saturated carbocycles. The van der Waals surface area contributed by atoms with Gasteiger partial charge in [-0.3, -0.25) is 19.3 Å². The maximum Gasteiger partial charge on any atom is 0.309 e. The quantitative estimate of drug-likeness (QED) is 0.482. The second-order valence-electron chi connectivity index (χ2n) is 10.1. The molecule has 2 N–H and O–H groups in total. The number of imide groups is 1. The van der Waals surface area contributed by atoms with Crippen LogP contribution in [0.5, 0.6) is 5.88 Å². The normalized spacial score (nSPS) is 18.9. The topological polar surface area (TPSA) is 117 Å². The number of aliphatic hydroxyl groups excluding tert-OH is 1. The third kappa shape index (κ3) is 5.93. The number of carboxylic acid groups (broad SMARTS) is 1. The Morgan fingerprint density at radius 3 is 2.22 bits per heavy atom. The smallest absolute Gasteiger partial charge is 0.309 e. The van der Waals surface area contributed by atoms with Gasteiger partial charge in [0.15, 0.2) is 0 Å². The number of benzene rings is 1. The van der Waals surface area contributed by atoms with Crippen molar-refractivity contribution in [3.63, 3.8) is 0 Å². The molecule has 1 saturated heterocycles. The summed E-state index contributed by atoms with van der Waals surface area (Å²) in [5.74, 6) is -2.03. The van der Waals surface area contributed by atoms with Crippen molar-refractivity contribution in [3.05, 3.63) is 48.2 Å². The summed E-state index contributed by atoms with van der Waals surface area (Å²) in [6, 6.07) is 11.5. The molecule has 2 aliphatic rings. The van der Waals surface area contributed by atoms with Gasteiger partial charge in [0, 0.05) is 37.2 Å².